The Morgan fingerprint density at radius 1 is 1.07 bits per heavy atom. The maximum absolute atomic E-state index is 12.6. The molecule has 0 fully saturated rings. The average Bonchev–Trinajstić information content (AvgIpc) is 2.75. The summed E-state index contributed by atoms with van der Waals surface area (Å²) in [6.45, 7) is 0.238. The summed E-state index contributed by atoms with van der Waals surface area (Å²) in [7, 11) is 3.10. The lowest BCUT2D eigenvalue weighted by Crippen LogP contribution is -2.22. The summed E-state index contributed by atoms with van der Waals surface area (Å²) in [6, 6.07) is 16.9. The molecule has 2 aromatic carbocycles. The van der Waals surface area contributed by atoms with Gasteiger partial charge >= 0.3 is 0 Å². The second kappa shape index (κ2) is 8.76. The van der Waals surface area contributed by atoms with Crippen molar-refractivity contribution in [3.8, 4) is 17.6 Å². The topological polar surface area (TPSA) is 93.4 Å². The van der Waals surface area contributed by atoms with Crippen LogP contribution in [0.5, 0.6) is 11.5 Å². The third-order valence-electron chi connectivity index (χ3n) is 4.31. The van der Waals surface area contributed by atoms with Crippen molar-refractivity contribution in [2.24, 2.45) is 0 Å². The minimum absolute atomic E-state index is 0.238. The first-order chi connectivity index (χ1) is 14.0. The molecule has 0 bridgehead atoms. The quantitative estimate of drug-likeness (QED) is 0.699. The number of rotatable bonds is 6. The second-order valence-electron chi connectivity index (χ2n) is 6.22. The van der Waals surface area contributed by atoms with Crippen LogP contribution >= 0.6 is 0 Å². The van der Waals surface area contributed by atoms with E-state index in [4.69, 9.17) is 14.7 Å². The molecule has 3 aromatic rings. The molecule has 7 heteroatoms. The van der Waals surface area contributed by atoms with Crippen molar-refractivity contribution in [2.45, 2.75) is 6.54 Å². The number of carbonyl (C=O) groups is 1. The molecule has 146 valence electrons. The molecule has 0 atom stereocenters. The molecule has 3 rings (SSSR count). The number of hydrogen-bond donors (Lipinski definition) is 1. The first kappa shape index (κ1) is 19.7. The Balaban J connectivity index is 1.88. The number of ether oxygens (including phenoxy) is 2. The van der Waals surface area contributed by atoms with Crippen LogP contribution in [0, 0.1) is 11.3 Å². The number of para-hydroxylation sites is 1. The largest absolute Gasteiger partial charge is 0.497 e. The molecule has 29 heavy (non-hydrogen) atoms. The molecule has 1 amide bonds. The molecule has 1 N–H and O–H groups in total. The molecule has 0 unspecified atom stereocenters. The van der Waals surface area contributed by atoms with Gasteiger partial charge in [0.05, 0.1) is 37.6 Å². The smallest absolute Gasteiger partial charge is 0.257 e. The van der Waals surface area contributed by atoms with Gasteiger partial charge in [-0.3, -0.25) is 9.59 Å². The number of amides is 1. The Labute approximate surface area is 167 Å². The van der Waals surface area contributed by atoms with Gasteiger partial charge in [-0.2, -0.15) is 5.26 Å². The summed E-state index contributed by atoms with van der Waals surface area (Å²) in [5.74, 6) is 0.800. The fraction of sp³-hybridized carbons (Fsp3) is 0.136. The van der Waals surface area contributed by atoms with E-state index in [1.165, 1.54) is 22.9 Å². The summed E-state index contributed by atoms with van der Waals surface area (Å²) in [5, 5.41) is 11.9. The number of benzene rings is 2. The number of carbonyl (C=O) groups excluding carboxylic acids is 1. The number of anilines is 1. The highest BCUT2D eigenvalue weighted by molar-refractivity contribution is 6.04. The van der Waals surface area contributed by atoms with Crippen LogP contribution in [-0.2, 0) is 6.54 Å². The Hall–Kier alpha value is -4.05. The SMILES string of the molecule is COc1cc(Cn2cc(C(=O)Nc3ccccc3C#N)ccc2=O)cc(OC)c1. The minimum atomic E-state index is -0.412. The lowest BCUT2D eigenvalue weighted by Gasteiger charge is -2.12. The highest BCUT2D eigenvalue weighted by Gasteiger charge is 2.11. The van der Waals surface area contributed by atoms with Gasteiger partial charge in [-0.15, -0.1) is 0 Å². The summed E-state index contributed by atoms with van der Waals surface area (Å²) in [5.41, 5.74) is 1.61. The molecule has 0 saturated heterocycles. The van der Waals surface area contributed by atoms with Gasteiger partial charge < -0.3 is 19.4 Å². The van der Waals surface area contributed by atoms with Gasteiger partial charge in [0.15, 0.2) is 0 Å². The van der Waals surface area contributed by atoms with E-state index in [-0.39, 0.29) is 12.1 Å². The number of pyridine rings is 1. The number of nitriles is 1. The van der Waals surface area contributed by atoms with Gasteiger partial charge in [0.1, 0.15) is 17.6 Å². The Bertz CT molecular complexity index is 1120. The zero-order valence-electron chi connectivity index (χ0n) is 16.0. The van der Waals surface area contributed by atoms with Gasteiger partial charge in [-0.05, 0) is 35.9 Å². The van der Waals surface area contributed by atoms with Crippen molar-refractivity contribution in [3.63, 3.8) is 0 Å². The highest BCUT2D eigenvalue weighted by atomic mass is 16.5. The normalized spacial score (nSPS) is 10.1. The molecular weight excluding hydrogens is 370 g/mol. The summed E-state index contributed by atoms with van der Waals surface area (Å²) >= 11 is 0. The van der Waals surface area contributed by atoms with E-state index in [2.05, 4.69) is 5.32 Å². The van der Waals surface area contributed by atoms with Gasteiger partial charge in [-0.25, -0.2) is 0 Å². The van der Waals surface area contributed by atoms with Crippen LogP contribution in [0.25, 0.3) is 0 Å². The predicted octanol–water partition coefficient (Wildman–Crippen LogP) is 3.04. The van der Waals surface area contributed by atoms with E-state index in [1.807, 2.05) is 6.07 Å². The van der Waals surface area contributed by atoms with Gasteiger partial charge in [-0.1, -0.05) is 12.1 Å². The Kier molecular flexibility index (Phi) is 5.95. The first-order valence-electron chi connectivity index (χ1n) is 8.77. The van der Waals surface area contributed by atoms with Crippen molar-refractivity contribution < 1.29 is 14.3 Å². The van der Waals surface area contributed by atoms with E-state index in [1.54, 1.807) is 56.7 Å². The number of aromatic nitrogens is 1. The molecule has 0 aliphatic carbocycles. The third-order valence-corrected chi connectivity index (χ3v) is 4.31. The number of nitrogens with one attached hydrogen (secondary N) is 1. The molecular formula is C22H19N3O4. The Morgan fingerprint density at radius 3 is 2.41 bits per heavy atom. The molecule has 0 aliphatic rings. The van der Waals surface area contributed by atoms with Crippen LogP contribution in [0.1, 0.15) is 21.5 Å². The lowest BCUT2D eigenvalue weighted by molar-refractivity contribution is 0.102. The van der Waals surface area contributed by atoms with E-state index in [0.29, 0.717) is 28.3 Å². The van der Waals surface area contributed by atoms with Gasteiger partial charge in [0.25, 0.3) is 11.5 Å². The minimum Gasteiger partial charge on any atom is -0.497 e. The molecule has 1 heterocycles. The van der Waals surface area contributed by atoms with Crippen LogP contribution < -0.4 is 20.3 Å². The fourth-order valence-electron chi connectivity index (χ4n) is 2.83. The average molecular weight is 389 g/mol. The van der Waals surface area contributed by atoms with Crippen LogP contribution in [0.15, 0.2) is 65.6 Å². The molecule has 7 nitrogen and oxygen atoms in total. The van der Waals surface area contributed by atoms with Crippen molar-refractivity contribution in [3.05, 3.63) is 87.8 Å². The van der Waals surface area contributed by atoms with Crippen molar-refractivity contribution >= 4 is 11.6 Å². The first-order valence-corrected chi connectivity index (χ1v) is 8.77. The maximum atomic E-state index is 12.6. The Morgan fingerprint density at radius 2 is 1.76 bits per heavy atom. The third kappa shape index (κ3) is 4.62. The molecule has 0 radical (unpaired) electrons. The zero-order chi connectivity index (χ0) is 20.8. The van der Waals surface area contributed by atoms with Crippen molar-refractivity contribution in [1.82, 2.24) is 4.57 Å². The van der Waals surface area contributed by atoms with E-state index >= 15 is 0 Å². The second-order valence-corrected chi connectivity index (χ2v) is 6.22. The number of methoxy groups -OCH3 is 2. The standard InChI is InChI=1S/C22H19N3O4/c1-28-18-9-15(10-19(11-18)29-2)13-25-14-17(7-8-21(25)26)22(27)24-20-6-4-3-5-16(20)12-23/h3-11,14H,13H2,1-2H3,(H,24,27). The predicted molar refractivity (Wildman–Crippen MR) is 108 cm³/mol. The monoisotopic (exact) mass is 389 g/mol. The van der Waals surface area contributed by atoms with Gasteiger partial charge in [0.2, 0.25) is 0 Å². The molecule has 0 spiro atoms. The van der Waals surface area contributed by atoms with E-state index in [0.717, 1.165) is 5.56 Å². The van der Waals surface area contributed by atoms with E-state index in [9.17, 15) is 9.59 Å². The van der Waals surface area contributed by atoms with Crippen molar-refractivity contribution in [2.75, 3.05) is 19.5 Å². The van der Waals surface area contributed by atoms with Gasteiger partial charge in [0, 0.05) is 18.3 Å². The van der Waals surface area contributed by atoms with Crippen molar-refractivity contribution in [1.29, 1.82) is 5.26 Å². The summed E-state index contributed by atoms with van der Waals surface area (Å²) in [4.78, 5) is 24.9. The summed E-state index contributed by atoms with van der Waals surface area (Å²) < 4.78 is 11.9. The highest BCUT2D eigenvalue weighted by Crippen LogP contribution is 2.23. The maximum Gasteiger partial charge on any atom is 0.257 e. The van der Waals surface area contributed by atoms with Crippen LogP contribution in [0.2, 0.25) is 0 Å². The fourth-order valence-corrected chi connectivity index (χ4v) is 2.83. The number of nitrogens with zero attached hydrogens (tertiary/aromatic N) is 2. The zero-order valence-corrected chi connectivity index (χ0v) is 16.0. The molecule has 0 saturated carbocycles. The van der Waals surface area contributed by atoms with E-state index < -0.39 is 5.91 Å². The molecule has 1 aromatic heterocycles. The lowest BCUT2D eigenvalue weighted by atomic mass is 10.1. The van der Waals surface area contributed by atoms with Crippen LogP contribution in [0.4, 0.5) is 5.69 Å². The molecule has 0 aliphatic heterocycles. The van der Waals surface area contributed by atoms with Crippen LogP contribution in [-0.4, -0.2) is 24.7 Å². The number of hydrogen-bond acceptors (Lipinski definition) is 5. The van der Waals surface area contributed by atoms with Crippen LogP contribution in [0.3, 0.4) is 0 Å². The summed E-state index contributed by atoms with van der Waals surface area (Å²) in [6.07, 6.45) is 1.48.